The first kappa shape index (κ1) is 17.8. The summed E-state index contributed by atoms with van der Waals surface area (Å²) in [4.78, 5) is 17.3. The van der Waals surface area contributed by atoms with Crippen LogP contribution in [-0.2, 0) is 17.9 Å². The van der Waals surface area contributed by atoms with Crippen molar-refractivity contribution in [3.05, 3.63) is 90.3 Å². The number of hydrogen-bond acceptors (Lipinski definition) is 3. The van der Waals surface area contributed by atoms with E-state index in [9.17, 15) is 4.79 Å². The van der Waals surface area contributed by atoms with Crippen molar-refractivity contribution >= 4 is 22.6 Å². The molecule has 0 fully saturated rings. The van der Waals surface area contributed by atoms with Crippen LogP contribution in [0.3, 0.4) is 0 Å². The van der Waals surface area contributed by atoms with Crippen molar-refractivity contribution < 1.29 is 9.53 Å². The molecule has 0 radical (unpaired) electrons. The van der Waals surface area contributed by atoms with Crippen LogP contribution >= 0.6 is 0 Å². The number of hydrogen-bond donors (Lipinski definition) is 1. The molecule has 0 unspecified atom stereocenters. The largest absolute Gasteiger partial charge is 0.486 e. The number of nitrogens with one attached hydrogen (secondary N) is 1. The zero-order valence-electron chi connectivity index (χ0n) is 15.6. The highest BCUT2D eigenvalue weighted by Crippen LogP contribution is 2.19. The second-order valence-corrected chi connectivity index (χ2v) is 6.62. The maximum absolute atomic E-state index is 12.6. The molecule has 4 rings (SSSR count). The summed E-state index contributed by atoms with van der Waals surface area (Å²) in [6.45, 7) is 2.48. The summed E-state index contributed by atoms with van der Waals surface area (Å²) in [5, 5.41) is 2.93. The van der Waals surface area contributed by atoms with Gasteiger partial charge < -0.3 is 14.6 Å². The molecule has 1 N–H and O–H groups in total. The molecule has 0 aliphatic carbocycles. The standard InChI is InChI=1S/C23H21N3O2/c1-17-8-7-11-19(14-17)28-16-22-25-20-12-5-6-13-21(20)26(22)15-23(27)24-18-9-3-2-4-10-18/h2-14H,15-16H2,1H3,(H,24,27). The summed E-state index contributed by atoms with van der Waals surface area (Å²) in [5.74, 6) is 1.39. The lowest BCUT2D eigenvalue weighted by atomic mass is 10.2. The number of carbonyl (C=O) groups excluding carboxylic acids is 1. The topological polar surface area (TPSA) is 56.2 Å². The predicted octanol–water partition coefficient (Wildman–Crippen LogP) is 4.56. The summed E-state index contributed by atoms with van der Waals surface area (Å²) in [7, 11) is 0. The quantitative estimate of drug-likeness (QED) is 0.540. The van der Waals surface area contributed by atoms with Gasteiger partial charge in [0.15, 0.2) is 0 Å². The van der Waals surface area contributed by atoms with Crippen molar-refractivity contribution in [3.63, 3.8) is 0 Å². The zero-order valence-corrected chi connectivity index (χ0v) is 15.6. The van der Waals surface area contributed by atoms with Gasteiger partial charge in [0.25, 0.3) is 0 Å². The molecule has 3 aromatic carbocycles. The van der Waals surface area contributed by atoms with Crippen molar-refractivity contribution in [2.24, 2.45) is 0 Å². The van der Waals surface area contributed by atoms with Gasteiger partial charge in [-0.25, -0.2) is 4.98 Å². The average Bonchev–Trinajstić information content (AvgIpc) is 3.05. The SMILES string of the molecule is Cc1cccc(OCc2nc3ccccc3n2CC(=O)Nc2ccccc2)c1. The first-order valence-electron chi connectivity index (χ1n) is 9.17. The van der Waals surface area contributed by atoms with Crippen LogP contribution in [0.4, 0.5) is 5.69 Å². The van der Waals surface area contributed by atoms with E-state index in [-0.39, 0.29) is 19.1 Å². The lowest BCUT2D eigenvalue weighted by Gasteiger charge is -2.11. The van der Waals surface area contributed by atoms with E-state index >= 15 is 0 Å². The average molecular weight is 371 g/mol. The third-order valence-corrected chi connectivity index (χ3v) is 4.45. The number of ether oxygens (including phenoxy) is 1. The second kappa shape index (κ2) is 7.96. The van der Waals surface area contributed by atoms with E-state index < -0.39 is 0 Å². The predicted molar refractivity (Wildman–Crippen MR) is 110 cm³/mol. The number of amides is 1. The minimum Gasteiger partial charge on any atom is -0.486 e. The van der Waals surface area contributed by atoms with Crippen molar-refractivity contribution in [3.8, 4) is 5.75 Å². The number of fused-ring (bicyclic) bond motifs is 1. The Morgan fingerprint density at radius 1 is 1.00 bits per heavy atom. The lowest BCUT2D eigenvalue weighted by Crippen LogP contribution is -2.20. The highest BCUT2D eigenvalue weighted by molar-refractivity contribution is 5.91. The highest BCUT2D eigenvalue weighted by Gasteiger charge is 2.14. The van der Waals surface area contributed by atoms with Crippen LogP contribution in [0.25, 0.3) is 11.0 Å². The van der Waals surface area contributed by atoms with Gasteiger partial charge in [-0.05, 0) is 48.9 Å². The van der Waals surface area contributed by atoms with E-state index in [2.05, 4.69) is 10.3 Å². The molecule has 4 aromatic rings. The lowest BCUT2D eigenvalue weighted by molar-refractivity contribution is -0.116. The number of anilines is 1. The molecule has 0 bridgehead atoms. The van der Waals surface area contributed by atoms with Crippen molar-refractivity contribution in [2.45, 2.75) is 20.1 Å². The van der Waals surface area contributed by atoms with Crippen LogP contribution in [0.15, 0.2) is 78.9 Å². The molecule has 0 aliphatic rings. The van der Waals surface area contributed by atoms with E-state index in [4.69, 9.17) is 4.74 Å². The molecular weight excluding hydrogens is 350 g/mol. The molecule has 0 aliphatic heterocycles. The Morgan fingerprint density at radius 2 is 1.79 bits per heavy atom. The summed E-state index contributed by atoms with van der Waals surface area (Å²) >= 11 is 0. The summed E-state index contributed by atoms with van der Waals surface area (Å²) in [6, 6.07) is 25.1. The number of imidazole rings is 1. The third-order valence-electron chi connectivity index (χ3n) is 4.45. The molecule has 5 nitrogen and oxygen atoms in total. The number of aryl methyl sites for hydroxylation is 1. The molecular formula is C23H21N3O2. The number of para-hydroxylation sites is 3. The van der Waals surface area contributed by atoms with Gasteiger partial charge in [-0.15, -0.1) is 0 Å². The molecule has 0 saturated heterocycles. The molecule has 1 heterocycles. The van der Waals surface area contributed by atoms with Gasteiger partial charge in [0.05, 0.1) is 11.0 Å². The Kier molecular flexibility index (Phi) is 5.06. The zero-order chi connectivity index (χ0) is 19.3. The Morgan fingerprint density at radius 3 is 2.61 bits per heavy atom. The number of aromatic nitrogens is 2. The van der Waals surface area contributed by atoms with Crippen LogP contribution in [0.1, 0.15) is 11.4 Å². The Hall–Kier alpha value is -3.60. The van der Waals surface area contributed by atoms with Crippen molar-refractivity contribution in [1.82, 2.24) is 9.55 Å². The van der Waals surface area contributed by atoms with E-state index in [0.717, 1.165) is 28.0 Å². The number of nitrogens with zero attached hydrogens (tertiary/aromatic N) is 2. The van der Waals surface area contributed by atoms with E-state index in [1.807, 2.05) is 90.4 Å². The van der Waals surface area contributed by atoms with Gasteiger partial charge in [-0.2, -0.15) is 0 Å². The number of carbonyl (C=O) groups is 1. The monoisotopic (exact) mass is 371 g/mol. The maximum Gasteiger partial charge on any atom is 0.244 e. The van der Waals surface area contributed by atoms with Crippen LogP contribution < -0.4 is 10.1 Å². The minimum atomic E-state index is -0.105. The van der Waals surface area contributed by atoms with Gasteiger partial charge in [0.2, 0.25) is 5.91 Å². The molecule has 0 atom stereocenters. The van der Waals surface area contributed by atoms with Gasteiger partial charge >= 0.3 is 0 Å². The molecule has 1 amide bonds. The minimum absolute atomic E-state index is 0.105. The van der Waals surface area contributed by atoms with Crippen LogP contribution in [-0.4, -0.2) is 15.5 Å². The van der Waals surface area contributed by atoms with Gasteiger partial charge in [0.1, 0.15) is 24.7 Å². The van der Waals surface area contributed by atoms with E-state index in [1.54, 1.807) is 0 Å². The molecule has 0 saturated carbocycles. The Balaban J connectivity index is 1.57. The molecule has 0 spiro atoms. The Labute approximate surface area is 163 Å². The fourth-order valence-corrected chi connectivity index (χ4v) is 3.13. The van der Waals surface area contributed by atoms with Gasteiger partial charge in [-0.1, -0.05) is 42.5 Å². The fourth-order valence-electron chi connectivity index (χ4n) is 3.13. The molecule has 1 aromatic heterocycles. The number of rotatable bonds is 6. The first-order chi connectivity index (χ1) is 13.7. The summed E-state index contributed by atoms with van der Waals surface area (Å²) in [5.41, 5.74) is 3.66. The van der Waals surface area contributed by atoms with Gasteiger partial charge in [-0.3, -0.25) is 4.79 Å². The van der Waals surface area contributed by atoms with Crippen LogP contribution in [0.2, 0.25) is 0 Å². The normalized spacial score (nSPS) is 10.8. The molecule has 28 heavy (non-hydrogen) atoms. The molecule has 5 heteroatoms. The number of benzene rings is 3. The van der Waals surface area contributed by atoms with Crippen LogP contribution in [0, 0.1) is 6.92 Å². The second-order valence-electron chi connectivity index (χ2n) is 6.62. The van der Waals surface area contributed by atoms with E-state index in [0.29, 0.717) is 5.82 Å². The Bertz CT molecular complexity index is 1100. The van der Waals surface area contributed by atoms with Crippen LogP contribution in [0.5, 0.6) is 5.75 Å². The highest BCUT2D eigenvalue weighted by atomic mass is 16.5. The smallest absolute Gasteiger partial charge is 0.244 e. The first-order valence-corrected chi connectivity index (χ1v) is 9.17. The summed E-state index contributed by atoms with van der Waals surface area (Å²) in [6.07, 6.45) is 0. The summed E-state index contributed by atoms with van der Waals surface area (Å²) < 4.78 is 7.83. The maximum atomic E-state index is 12.6. The third kappa shape index (κ3) is 4.04. The fraction of sp³-hybridized carbons (Fsp3) is 0.130. The van der Waals surface area contributed by atoms with Crippen molar-refractivity contribution in [2.75, 3.05) is 5.32 Å². The van der Waals surface area contributed by atoms with Crippen molar-refractivity contribution in [1.29, 1.82) is 0 Å². The molecule has 140 valence electrons. The van der Waals surface area contributed by atoms with E-state index in [1.165, 1.54) is 0 Å². The van der Waals surface area contributed by atoms with Gasteiger partial charge in [0, 0.05) is 5.69 Å².